The van der Waals surface area contributed by atoms with Gasteiger partial charge in [0, 0.05) is 11.8 Å². The van der Waals surface area contributed by atoms with Gasteiger partial charge in [0.25, 0.3) is 0 Å². The van der Waals surface area contributed by atoms with Crippen molar-refractivity contribution in [1.82, 2.24) is 0 Å². The van der Waals surface area contributed by atoms with E-state index in [0.717, 1.165) is 0 Å². The molecule has 3 aliphatic carbocycles. The Bertz CT molecular complexity index is 1320. The quantitative estimate of drug-likeness (QED) is 0.380. The van der Waals surface area contributed by atoms with Gasteiger partial charge in [0.2, 0.25) is 0 Å². The van der Waals surface area contributed by atoms with Crippen LogP contribution in [0.25, 0.3) is 11.1 Å². The number of rotatable bonds is 4. The Kier molecular flexibility index (Phi) is 11.2. The minimum atomic E-state index is 0. The monoisotopic (exact) mass is 696 g/mol. The first-order valence-electron chi connectivity index (χ1n) is 16.2. The molecule has 3 atom stereocenters. The van der Waals surface area contributed by atoms with Crippen LogP contribution in [-0.2, 0) is 37.0 Å². The Labute approximate surface area is 296 Å². The maximum Gasteiger partial charge on any atom is 2.00 e. The van der Waals surface area contributed by atoms with Crippen LogP contribution in [0.1, 0.15) is 137 Å². The zero-order valence-electron chi connectivity index (χ0n) is 29.2. The van der Waals surface area contributed by atoms with E-state index >= 15 is 0 Å². The average molecular weight is 699 g/mol. The number of halogens is 2. The maximum absolute atomic E-state index is 2.73. The van der Waals surface area contributed by atoms with Gasteiger partial charge >= 0.3 is 26.2 Å². The Balaban J connectivity index is 0.00000215. The van der Waals surface area contributed by atoms with Crippen LogP contribution in [0.2, 0.25) is 0 Å². The molecule has 1 fully saturated rings. The molecule has 1 saturated carbocycles. The summed E-state index contributed by atoms with van der Waals surface area (Å²) in [4.78, 5) is 0. The van der Waals surface area contributed by atoms with Crippen molar-refractivity contribution in [3.05, 3.63) is 82.0 Å². The molecule has 234 valence electrons. The standard InChI is InChI=1S/C40H56.2ClH.Zr/c1-14-39(15-2)25(4)40(16-3,34-24-28(23-33(34)39)38(11,12)13)35-29-19-17-26(36(5,6)7)21-31(29)32-22-27(37(8,9)10)18-20-30(32)35;;;/h17-25,34-35H,14-16H2,1-13H3;2*1H;/q;;;+2/p-2. The van der Waals surface area contributed by atoms with Gasteiger partial charge in [-0.2, -0.15) is 0 Å². The molecule has 0 N–H and O–H groups in total. The van der Waals surface area contributed by atoms with Gasteiger partial charge < -0.3 is 24.8 Å². The van der Waals surface area contributed by atoms with Crippen molar-refractivity contribution in [3.63, 3.8) is 0 Å². The van der Waals surface area contributed by atoms with E-state index in [1.54, 1.807) is 22.3 Å². The first kappa shape index (κ1) is 38.6. The fourth-order valence-corrected chi connectivity index (χ4v) is 9.17. The summed E-state index contributed by atoms with van der Waals surface area (Å²) in [5.41, 5.74) is 13.1. The van der Waals surface area contributed by atoms with Gasteiger partial charge in [0.15, 0.2) is 0 Å². The first-order chi connectivity index (χ1) is 18.5. The molecule has 2 aromatic carbocycles. The molecule has 0 aliphatic heterocycles. The molecular weight excluding hydrogens is 643 g/mol. The van der Waals surface area contributed by atoms with Gasteiger partial charge in [0.05, 0.1) is 0 Å². The summed E-state index contributed by atoms with van der Waals surface area (Å²) in [5.74, 6) is 1.50. The van der Waals surface area contributed by atoms with Crippen molar-refractivity contribution in [2.24, 2.45) is 28.1 Å². The smallest absolute Gasteiger partial charge is 1.00 e. The molecular formula is C40H56Cl2Zr. The molecule has 0 heterocycles. The predicted octanol–water partition coefficient (Wildman–Crippen LogP) is 5.78. The SMILES string of the molecule is CCC1(CC)C2=CC(C(C)(C)C)=CC2C(CC)(C2c3ccc(C(C)(C)C)cc3-c3cc(C(C)(C)C)ccc32)C1C.[Cl-].[Cl-].[Zr+2]. The topological polar surface area (TPSA) is 0 Å². The van der Waals surface area contributed by atoms with Crippen molar-refractivity contribution in [1.29, 1.82) is 0 Å². The second kappa shape index (κ2) is 12.5. The molecule has 0 aromatic heterocycles. The second-order valence-corrected chi connectivity index (χ2v) is 16.5. The molecule has 0 saturated heterocycles. The molecule has 0 bridgehead atoms. The van der Waals surface area contributed by atoms with Crippen LogP contribution in [0, 0.1) is 28.1 Å². The van der Waals surface area contributed by atoms with Gasteiger partial charge in [-0.3, -0.25) is 0 Å². The summed E-state index contributed by atoms with van der Waals surface area (Å²) in [6.45, 7) is 31.4. The second-order valence-electron chi connectivity index (χ2n) is 16.5. The van der Waals surface area contributed by atoms with Crippen LogP contribution < -0.4 is 24.8 Å². The number of allylic oxidation sites excluding steroid dienone is 4. The predicted molar refractivity (Wildman–Crippen MR) is 175 cm³/mol. The normalized spacial score (nSPS) is 24.1. The number of hydrogen-bond acceptors (Lipinski definition) is 0. The third kappa shape index (κ3) is 5.67. The van der Waals surface area contributed by atoms with Gasteiger partial charge in [-0.05, 0) is 91.2 Å². The molecule has 3 aliphatic rings. The van der Waals surface area contributed by atoms with Crippen LogP contribution in [0.15, 0.2) is 59.7 Å². The van der Waals surface area contributed by atoms with E-state index in [1.165, 1.54) is 41.5 Å². The third-order valence-electron chi connectivity index (χ3n) is 11.8. The number of hydrogen-bond donors (Lipinski definition) is 0. The van der Waals surface area contributed by atoms with Crippen LogP contribution >= 0.6 is 0 Å². The summed E-state index contributed by atoms with van der Waals surface area (Å²) < 4.78 is 0. The number of benzene rings is 2. The molecule has 0 amide bonds. The Morgan fingerprint density at radius 2 is 1.09 bits per heavy atom. The molecule has 0 radical (unpaired) electrons. The van der Waals surface area contributed by atoms with Gasteiger partial charge in [-0.1, -0.05) is 144 Å². The molecule has 0 nitrogen and oxygen atoms in total. The van der Waals surface area contributed by atoms with E-state index in [9.17, 15) is 0 Å². The molecule has 0 spiro atoms. The van der Waals surface area contributed by atoms with Crippen molar-refractivity contribution < 1.29 is 51.0 Å². The average Bonchev–Trinajstić information content (AvgIpc) is 3.51. The largest absolute Gasteiger partial charge is 2.00 e. The van der Waals surface area contributed by atoms with Crippen LogP contribution in [0.5, 0.6) is 0 Å². The fraction of sp³-hybridized carbons (Fsp3) is 0.600. The zero-order chi connectivity index (χ0) is 29.6. The van der Waals surface area contributed by atoms with E-state index in [2.05, 4.69) is 139 Å². The minimum Gasteiger partial charge on any atom is -1.00 e. The first-order valence-corrected chi connectivity index (χ1v) is 16.2. The Morgan fingerprint density at radius 1 is 0.651 bits per heavy atom. The van der Waals surface area contributed by atoms with Gasteiger partial charge in [-0.25, -0.2) is 0 Å². The third-order valence-corrected chi connectivity index (χ3v) is 11.8. The van der Waals surface area contributed by atoms with Crippen molar-refractivity contribution >= 4 is 0 Å². The summed E-state index contributed by atoms with van der Waals surface area (Å²) >= 11 is 0. The van der Waals surface area contributed by atoms with Gasteiger partial charge in [0.1, 0.15) is 0 Å². The summed E-state index contributed by atoms with van der Waals surface area (Å²) in [7, 11) is 0. The van der Waals surface area contributed by atoms with Crippen LogP contribution in [0.3, 0.4) is 0 Å². The Morgan fingerprint density at radius 3 is 1.44 bits per heavy atom. The van der Waals surface area contributed by atoms with Crippen molar-refractivity contribution in [2.75, 3.05) is 0 Å². The summed E-state index contributed by atoms with van der Waals surface area (Å²) in [6.07, 6.45) is 9.02. The fourth-order valence-electron chi connectivity index (χ4n) is 9.17. The van der Waals surface area contributed by atoms with E-state index in [-0.39, 0.29) is 78.1 Å². The molecule has 43 heavy (non-hydrogen) atoms. The van der Waals surface area contributed by atoms with Crippen LogP contribution in [0.4, 0.5) is 0 Å². The van der Waals surface area contributed by atoms with E-state index < -0.39 is 0 Å². The molecule has 3 unspecified atom stereocenters. The molecule has 3 heteroatoms. The van der Waals surface area contributed by atoms with Crippen LogP contribution in [-0.4, -0.2) is 0 Å². The van der Waals surface area contributed by atoms with Crippen molar-refractivity contribution in [3.8, 4) is 11.1 Å². The number of fused-ring (bicyclic) bond motifs is 4. The van der Waals surface area contributed by atoms with E-state index in [1.807, 2.05) is 0 Å². The summed E-state index contributed by atoms with van der Waals surface area (Å²) in [6, 6.07) is 15.1. The Hall–Kier alpha value is -0.617. The summed E-state index contributed by atoms with van der Waals surface area (Å²) in [5, 5.41) is 0. The van der Waals surface area contributed by atoms with Gasteiger partial charge in [-0.15, -0.1) is 0 Å². The van der Waals surface area contributed by atoms with Crippen molar-refractivity contribution in [2.45, 2.75) is 126 Å². The van der Waals surface area contributed by atoms with E-state index in [0.29, 0.717) is 17.8 Å². The molecule has 2 aromatic rings. The maximum atomic E-state index is 2.73. The minimum absolute atomic E-state index is 0. The molecule has 5 rings (SSSR count). The van der Waals surface area contributed by atoms with E-state index in [4.69, 9.17) is 0 Å². The zero-order valence-corrected chi connectivity index (χ0v) is 33.2.